The number of benzene rings is 3. The third kappa shape index (κ3) is 3.95. The highest BCUT2D eigenvalue weighted by Crippen LogP contribution is 2.39. The first-order valence-corrected chi connectivity index (χ1v) is 10.00. The van der Waals surface area contributed by atoms with E-state index in [4.69, 9.17) is 18.9 Å². The number of ether oxygens (including phenoxy) is 4. The van der Waals surface area contributed by atoms with Crippen molar-refractivity contribution in [1.82, 2.24) is 0 Å². The summed E-state index contributed by atoms with van der Waals surface area (Å²) in [6.07, 6.45) is 1.73. The van der Waals surface area contributed by atoms with Crippen LogP contribution in [0.25, 0.3) is 6.08 Å². The third-order valence-corrected chi connectivity index (χ3v) is 5.30. The molecule has 1 aliphatic heterocycles. The maximum absolute atomic E-state index is 12.8. The molecule has 6 nitrogen and oxygen atoms in total. The van der Waals surface area contributed by atoms with Gasteiger partial charge in [0.05, 0.1) is 25.3 Å². The summed E-state index contributed by atoms with van der Waals surface area (Å²) in [5.41, 5.74) is 3.21. The van der Waals surface area contributed by atoms with Gasteiger partial charge in [0, 0.05) is 11.6 Å². The molecule has 0 amide bonds. The van der Waals surface area contributed by atoms with Gasteiger partial charge in [0.25, 0.3) is 0 Å². The Labute approximate surface area is 186 Å². The standard InChI is InChI=1S/C26H22O6/c1-15-7-5-6-8-17(15)13-23-24(27)21-9-10-22(16(2)25(21)31-23)32-26(28)18-11-19(29-3)14-20(12-18)30-4/h5-14H,1-4H3/b23-13-. The zero-order valence-corrected chi connectivity index (χ0v) is 18.2. The Morgan fingerprint density at radius 2 is 1.62 bits per heavy atom. The maximum atomic E-state index is 12.8. The van der Waals surface area contributed by atoms with E-state index in [0.29, 0.717) is 34.1 Å². The monoisotopic (exact) mass is 430 g/mol. The smallest absolute Gasteiger partial charge is 0.343 e. The average Bonchev–Trinajstić information content (AvgIpc) is 3.12. The molecular weight excluding hydrogens is 408 g/mol. The fourth-order valence-corrected chi connectivity index (χ4v) is 3.45. The van der Waals surface area contributed by atoms with E-state index >= 15 is 0 Å². The minimum absolute atomic E-state index is 0.207. The zero-order valence-electron chi connectivity index (χ0n) is 18.2. The summed E-state index contributed by atoms with van der Waals surface area (Å²) < 4.78 is 21.9. The molecule has 0 unspecified atom stereocenters. The van der Waals surface area contributed by atoms with Crippen LogP contribution >= 0.6 is 0 Å². The quantitative estimate of drug-likeness (QED) is 0.316. The number of aryl methyl sites for hydroxylation is 1. The molecule has 162 valence electrons. The zero-order chi connectivity index (χ0) is 22.8. The highest BCUT2D eigenvalue weighted by molar-refractivity contribution is 6.15. The van der Waals surface area contributed by atoms with E-state index in [2.05, 4.69) is 0 Å². The second kappa shape index (κ2) is 8.59. The summed E-state index contributed by atoms with van der Waals surface area (Å²) in [6.45, 7) is 3.72. The van der Waals surface area contributed by atoms with E-state index in [0.717, 1.165) is 11.1 Å². The van der Waals surface area contributed by atoms with Crippen molar-refractivity contribution in [1.29, 1.82) is 0 Å². The molecular formula is C26H22O6. The predicted molar refractivity (Wildman–Crippen MR) is 120 cm³/mol. The first-order valence-electron chi connectivity index (χ1n) is 10.00. The van der Waals surface area contributed by atoms with Crippen molar-refractivity contribution in [2.24, 2.45) is 0 Å². The second-order valence-corrected chi connectivity index (χ2v) is 7.35. The van der Waals surface area contributed by atoms with Crippen LogP contribution < -0.4 is 18.9 Å². The molecule has 3 aromatic rings. The number of Topliss-reactive ketones (excluding diaryl/α,β-unsaturated/α-hetero) is 1. The van der Waals surface area contributed by atoms with Gasteiger partial charge in [0.1, 0.15) is 23.0 Å². The predicted octanol–water partition coefficient (Wildman–Crippen LogP) is 5.16. The van der Waals surface area contributed by atoms with Crippen LogP contribution in [0.1, 0.15) is 37.4 Å². The van der Waals surface area contributed by atoms with Gasteiger partial charge in [-0.25, -0.2) is 4.79 Å². The molecule has 0 aliphatic carbocycles. The lowest BCUT2D eigenvalue weighted by Crippen LogP contribution is -2.10. The highest BCUT2D eigenvalue weighted by Gasteiger charge is 2.30. The number of carbonyl (C=O) groups is 2. The molecule has 0 spiro atoms. The van der Waals surface area contributed by atoms with Crippen LogP contribution in [0.15, 0.2) is 60.4 Å². The van der Waals surface area contributed by atoms with Crippen LogP contribution in [0.5, 0.6) is 23.0 Å². The largest absolute Gasteiger partial charge is 0.497 e. The molecule has 0 bridgehead atoms. The highest BCUT2D eigenvalue weighted by atomic mass is 16.5. The van der Waals surface area contributed by atoms with Crippen LogP contribution in [-0.4, -0.2) is 26.0 Å². The summed E-state index contributed by atoms with van der Waals surface area (Å²) in [5, 5.41) is 0. The molecule has 1 aliphatic rings. The molecule has 0 aromatic heterocycles. The van der Waals surface area contributed by atoms with Crippen molar-refractivity contribution in [3.05, 3.63) is 88.2 Å². The lowest BCUT2D eigenvalue weighted by atomic mass is 10.0. The Kier molecular flexibility index (Phi) is 5.69. The minimum atomic E-state index is -0.578. The molecule has 0 radical (unpaired) electrons. The van der Waals surface area contributed by atoms with E-state index in [1.807, 2.05) is 31.2 Å². The van der Waals surface area contributed by atoms with Gasteiger partial charge < -0.3 is 18.9 Å². The Balaban J connectivity index is 1.62. The van der Waals surface area contributed by atoms with Gasteiger partial charge in [0.2, 0.25) is 5.78 Å². The fraction of sp³-hybridized carbons (Fsp3) is 0.154. The Hall–Kier alpha value is -4.06. The van der Waals surface area contributed by atoms with Gasteiger partial charge in [-0.3, -0.25) is 4.79 Å². The summed E-state index contributed by atoms with van der Waals surface area (Å²) in [7, 11) is 3.01. The number of rotatable bonds is 5. The number of hydrogen-bond acceptors (Lipinski definition) is 6. The SMILES string of the molecule is COc1cc(OC)cc(C(=O)Oc2ccc3c(c2C)O/C(=C\c2ccccc2C)C3=O)c1. The van der Waals surface area contributed by atoms with Crippen molar-refractivity contribution in [2.45, 2.75) is 13.8 Å². The molecule has 1 heterocycles. The number of fused-ring (bicyclic) bond motifs is 1. The van der Waals surface area contributed by atoms with Crippen LogP contribution in [0, 0.1) is 13.8 Å². The molecule has 0 atom stereocenters. The van der Waals surface area contributed by atoms with Gasteiger partial charge in [-0.05, 0) is 55.3 Å². The summed E-state index contributed by atoms with van der Waals surface area (Å²) in [6, 6.07) is 15.7. The topological polar surface area (TPSA) is 71.1 Å². The van der Waals surface area contributed by atoms with Gasteiger partial charge in [-0.15, -0.1) is 0 Å². The van der Waals surface area contributed by atoms with Crippen molar-refractivity contribution in [3.8, 4) is 23.0 Å². The lowest BCUT2D eigenvalue weighted by Gasteiger charge is -2.11. The number of allylic oxidation sites excluding steroid dienone is 1. The van der Waals surface area contributed by atoms with Gasteiger partial charge >= 0.3 is 5.97 Å². The lowest BCUT2D eigenvalue weighted by molar-refractivity contribution is 0.0732. The molecule has 0 fully saturated rings. The van der Waals surface area contributed by atoms with Gasteiger partial charge in [-0.2, -0.15) is 0 Å². The molecule has 6 heteroatoms. The van der Waals surface area contributed by atoms with Crippen LogP contribution in [0.4, 0.5) is 0 Å². The fourth-order valence-electron chi connectivity index (χ4n) is 3.45. The van der Waals surface area contributed by atoms with Crippen molar-refractivity contribution in [2.75, 3.05) is 14.2 Å². The van der Waals surface area contributed by atoms with Gasteiger partial charge in [0.15, 0.2) is 5.76 Å². The van der Waals surface area contributed by atoms with E-state index in [1.54, 1.807) is 43.3 Å². The molecule has 32 heavy (non-hydrogen) atoms. The summed E-state index contributed by atoms with van der Waals surface area (Å²) >= 11 is 0. The number of methoxy groups -OCH3 is 2. The Morgan fingerprint density at radius 1 is 0.938 bits per heavy atom. The summed E-state index contributed by atoms with van der Waals surface area (Å²) in [4.78, 5) is 25.6. The Bertz CT molecular complexity index is 1230. The van der Waals surface area contributed by atoms with E-state index < -0.39 is 5.97 Å². The maximum Gasteiger partial charge on any atom is 0.343 e. The minimum Gasteiger partial charge on any atom is -0.497 e. The van der Waals surface area contributed by atoms with E-state index in [9.17, 15) is 9.59 Å². The van der Waals surface area contributed by atoms with E-state index in [-0.39, 0.29) is 17.1 Å². The molecule has 4 rings (SSSR count). The van der Waals surface area contributed by atoms with Crippen molar-refractivity contribution >= 4 is 17.8 Å². The first-order chi connectivity index (χ1) is 15.4. The Morgan fingerprint density at radius 3 is 2.28 bits per heavy atom. The van der Waals surface area contributed by atoms with Crippen LogP contribution in [-0.2, 0) is 0 Å². The molecule has 0 N–H and O–H groups in total. The van der Waals surface area contributed by atoms with Crippen LogP contribution in [0.3, 0.4) is 0 Å². The van der Waals surface area contributed by atoms with Crippen molar-refractivity contribution < 1.29 is 28.5 Å². The normalized spacial score (nSPS) is 13.5. The number of hydrogen-bond donors (Lipinski definition) is 0. The molecule has 3 aromatic carbocycles. The third-order valence-electron chi connectivity index (χ3n) is 5.30. The van der Waals surface area contributed by atoms with E-state index in [1.165, 1.54) is 14.2 Å². The number of ketones is 1. The van der Waals surface area contributed by atoms with Gasteiger partial charge in [-0.1, -0.05) is 24.3 Å². The average molecular weight is 430 g/mol. The van der Waals surface area contributed by atoms with Crippen molar-refractivity contribution in [3.63, 3.8) is 0 Å². The van der Waals surface area contributed by atoms with Crippen LogP contribution in [0.2, 0.25) is 0 Å². The second-order valence-electron chi connectivity index (χ2n) is 7.35. The summed E-state index contributed by atoms with van der Waals surface area (Å²) in [5.74, 6) is 1.10. The molecule has 0 saturated carbocycles. The molecule has 0 saturated heterocycles. The number of carbonyl (C=O) groups excluding carboxylic acids is 2. The first kappa shape index (κ1) is 21.2. The number of esters is 1.